The summed E-state index contributed by atoms with van der Waals surface area (Å²) in [6, 6.07) is 11.1. The minimum Gasteiger partial charge on any atom is -0.356 e. The monoisotopic (exact) mass is 233 g/mol. The van der Waals surface area contributed by atoms with Gasteiger partial charge in [0.05, 0.1) is 5.60 Å². The molecule has 1 aromatic carbocycles. The maximum atomic E-state index is 6.12. The lowest BCUT2D eigenvalue weighted by atomic mass is 9.85. The van der Waals surface area contributed by atoms with E-state index in [0.717, 1.165) is 19.3 Å². The number of benzene rings is 1. The predicted molar refractivity (Wildman–Crippen MR) is 70.9 cm³/mol. The number of rotatable bonds is 4. The molecule has 2 nitrogen and oxygen atoms in total. The summed E-state index contributed by atoms with van der Waals surface area (Å²) in [5.74, 6) is 0. The molecule has 0 aliphatic carbocycles. The Kier molecular flexibility index (Phi) is 3.85. The van der Waals surface area contributed by atoms with Crippen molar-refractivity contribution < 1.29 is 4.74 Å². The highest BCUT2D eigenvalue weighted by Crippen LogP contribution is 2.33. The zero-order chi connectivity index (χ0) is 12.3. The molecule has 1 aliphatic heterocycles. The molecule has 17 heavy (non-hydrogen) atoms. The van der Waals surface area contributed by atoms with Gasteiger partial charge in [0, 0.05) is 6.04 Å². The summed E-state index contributed by atoms with van der Waals surface area (Å²) in [6.07, 6.45) is 3.35. The molecule has 1 aromatic rings. The van der Waals surface area contributed by atoms with Crippen LogP contribution in [0.15, 0.2) is 30.3 Å². The number of ether oxygens (including phenoxy) is 1. The third-order valence-corrected chi connectivity index (χ3v) is 3.96. The highest BCUT2D eigenvalue weighted by molar-refractivity contribution is 5.18. The van der Waals surface area contributed by atoms with Gasteiger partial charge in [-0.2, -0.15) is 0 Å². The largest absolute Gasteiger partial charge is 0.356 e. The van der Waals surface area contributed by atoms with Gasteiger partial charge in [-0.25, -0.2) is 0 Å². The van der Waals surface area contributed by atoms with E-state index < -0.39 is 0 Å². The normalized spacial score (nSPS) is 27.2. The van der Waals surface area contributed by atoms with Crippen LogP contribution in [0.1, 0.15) is 39.2 Å². The van der Waals surface area contributed by atoms with Crippen LogP contribution in [-0.4, -0.2) is 17.9 Å². The molecule has 0 bridgehead atoms. The van der Waals surface area contributed by atoms with Gasteiger partial charge in [-0.05, 0) is 31.7 Å². The van der Waals surface area contributed by atoms with Gasteiger partial charge in [-0.3, -0.25) is 5.32 Å². The minimum atomic E-state index is 0.00918. The van der Waals surface area contributed by atoms with Crippen molar-refractivity contribution in [2.24, 2.45) is 0 Å². The van der Waals surface area contributed by atoms with Crippen LogP contribution in [0.3, 0.4) is 0 Å². The Balaban J connectivity index is 2.14. The fourth-order valence-corrected chi connectivity index (χ4v) is 2.91. The summed E-state index contributed by atoms with van der Waals surface area (Å²) < 4.78 is 6.12. The fourth-order valence-electron chi connectivity index (χ4n) is 2.91. The Bertz CT molecular complexity index is 345. The zero-order valence-electron chi connectivity index (χ0n) is 11.1. The van der Waals surface area contributed by atoms with Crippen molar-refractivity contribution in [3.8, 4) is 0 Å². The molecule has 0 aromatic heterocycles. The minimum absolute atomic E-state index is 0.00918. The Morgan fingerprint density at radius 3 is 2.41 bits per heavy atom. The molecule has 0 radical (unpaired) electrons. The van der Waals surface area contributed by atoms with Gasteiger partial charge in [-0.15, -0.1) is 0 Å². The van der Waals surface area contributed by atoms with Gasteiger partial charge in [-0.1, -0.05) is 44.2 Å². The summed E-state index contributed by atoms with van der Waals surface area (Å²) >= 11 is 0. The molecule has 94 valence electrons. The SMILES string of the molecule is CCC1(CC)OC(C)N[C@H]1Cc1ccccc1. The van der Waals surface area contributed by atoms with Crippen molar-refractivity contribution in [2.75, 3.05) is 0 Å². The molecule has 0 saturated carbocycles. The molecule has 1 unspecified atom stereocenters. The second kappa shape index (κ2) is 5.19. The third-order valence-electron chi connectivity index (χ3n) is 3.96. The van der Waals surface area contributed by atoms with Crippen LogP contribution >= 0.6 is 0 Å². The van der Waals surface area contributed by atoms with Crippen LogP contribution in [0, 0.1) is 0 Å². The molecule has 2 rings (SSSR count). The highest BCUT2D eigenvalue weighted by atomic mass is 16.5. The van der Waals surface area contributed by atoms with Gasteiger partial charge >= 0.3 is 0 Å². The van der Waals surface area contributed by atoms with Crippen molar-refractivity contribution in [1.29, 1.82) is 0 Å². The van der Waals surface area contributed by atoms with E-state index in [1.165, 1.54) is 5.56 Å². The van der Waals surface area contributed by atoms with Crippen LogP contribution in [-0.2, 0) is 11.2 Å². The summed E-state index contributed by atoms with van der Waals surface area (Å²) in [4.78, 5) is 0. The molecule has 0 amide bonds. The Morgan fingerprint density at radius 1 is 1.18 bits per heavy atom. The van der Waals surface area contributed by atoms with Gasteiger partial charge in [0.2, 0.25) is 0 Å². The Morgan fingerprint density at radius 2 is 1.82 bits per heavy atom. The molecule has 0 spiro atoms. The Labute approximate surface area is 104 Å². The van der Waals surface area contributed by atoms with E-state index in [1.807, 2.05) is 0 Å². The third kappa shape index (κ3) is 2.53. The van der Waals surface area contributed by atoms with Crippen LogP contribution in [0.5, 0.6) is 0 Å². The molecule has 1 saturated heterocycles. The smallest absolute Gasteiger partial charge is 0.106 e. The first kappa shape index (κ1) is 12.6. The lowest BCUT2D eigenvalue weighted by molar-refractivity contribution is -0.0467. The summed E-state index contributed by atoms with van der Waals surface area (Å²) in [5.41, 5.74) is 1.39. The topological polar surface area (TPSA) is 21.3 Å². The van der Waals surface area contributed by atoms with Gasteiger partial charge in [0.15, 0.2) is 0 Å². The summed E-state index contributed by atoms with van der Waals surface area (Å²) in [7, 11) is 0. The van der Waals surface area contributed by atoms with E-state index >= 15 is 0 Å². The average Bonchev–Trinajstić information content (AvgIpc) is 2.67. The summed E-state index contributed by atoms with van der Waals surface area (Å²) in [5, 5.41) is 3.57. The van der Waals surface area contributed by atoms with Crippen molar-refractivity contribution in [3.05, 3.63) is 35.9 Å². The number of nitrogens with one attached hydrogen (secondary N) is 1. The number of hydrogen-bond acceptors (Lipinski definition) is 2. The van der Waals surface area contributed by atoms with E-state index in [0.29, 0.717) is 6.04 Å². The molecule has 1 heterocycles. The first-order chi connectivity index (χ1) is 8.20. The Hall–Kier alpha value is -0.860. The molecule has 1 fully saturated rings. The lowest BCUT2D eigenvalue weighted by Crippen LogP contribution is -2.44. The standard InChI is InChI=1S/C15H23NO/c1-4-15(5-2)14(16-12(3)17-15)11-13-9-7-6-8-10-13/h6-10,12,14,16H,4-5,11H2,1-3H3/t12?,14-/m0/s1. The fraction of sp³-hybridized carbons (Fsp3) is 0.600. The van der Waals surface area contributed by atoms with Crippen LogP contribution < -0.4 is 5.32 Å². The van der Waals surface area contributed by atoms with E-state index in [2.05, 4.69) is 56.4 Å². The molecule has 1 N–H and O–H groups in total. The zero-order valence-corrected chi connectivity index (χ0v) is 11.1. The maximum Gasteiger partial charge on any atom is 0.106 e. The molecular weight excluding hydrogens is 210 g/mol. The van der Waals surface area contributed by atoms with Crippen molar-refractivity contribution in [3.63, 3.8) is 0 Å². The summed E-state index contributed by atoms with van der Waals surface area (Å²) in [6.45, 7) is 6.55. The van der Waals surface area contributed by atoms with Crippen LogP contribution in [0.4, 0.5) is 0 Å². The second-order valence-corrected chi connectivity index (χ2v) is 4.94. The molecule has 2 atom stereocenters. The van der Waals surface area contributed by atoms with Gasteiger partial charge in [0.25, 0.3) is 0 Å². The number of hydrogen-bond donors (Lipinski definition) is 1. The van der Waals surface area contributed by atoms with Gasteiger partial charge in [0.1, 0.15) is 6.23 Å². The molecule has 2 heteroatoms. The second-order valence-electron chi connectivity index (χ2n) is 4.94. The molecular formula is C15H23NO. The van der Waals surface area contributed by atoms with E-state index in [4.69, 9.17) is 4.74 Å². The van der Waals surface area contributed by atoms with E-state index in [9.17, 15) is 0 Å². The quantitative estimate of drug-likeness (QED) is 0.862. The van der Waals surface area contributed by atoms with Crippen molar-refractivity contribution >= 4 is 0 Å². The van der Waals surface area contributed by atoms with E-state index in [1.54, 1.807) is 0 Å². The lowest BCUT2D eigenvalue weighted by Gasteiger charge is -2.32. The van der Waals surface area contributed by atoms with Crippen molar-refractivity contribution in [1.82, 2.24) is 5.32 Å². The first-order valence-corrected chi connectivity index (χ1v) is 6.68. The highest BCUT2D eigenvalue weighted by Gasteiger charge is 2.43. The molecule has 1 aliphatic rings. The van der Waals surface area contributed by atoms with Gasteiger partial charge < -0.3 is 4.74 Å². The van der Waals surface area contributed by atoms with E-state index in [-0.39, 0.29) is 11.8 Å². The average molecular weight is 233 g/mol. The maximum absolute atomic E-state index is 6.12. The van der Waals surface area contributed by atoms with Crippen LogP contribution in [0.25, 0.3) is 0 Å². The predicted octanol–water partition coefficient (Wildman–Crippen LogP) is 3.12. The van der Waals surface area contributed by atoms with Crippen molar-refractivity contribution in [2.45, 2.75) is 57.9 Å². The first-order valence-electron chi connectivity index (χ1n) is 6.68. The van der Waals surface area contributed by atoms with Crippen LogP contribution in [0.2, 0.25) is 0 Å².